The van der Waals surface area contributed by atoms with Gasteiger partial charge in [-0.15, -0.1) is 12.4 Å². The molecule has 0 amide bonds. The van der Waals surface area contributed by atoms with E-state index < -0.39 is 0 Å². The van der Waals surface area contributed by atoms with Crippen molar-refractivity contribution in [1.82, 2.24) is 5.32 Å². The highest BCUT2D eigenvalue weighted by atomic mass is 35.5. The van der Waals surface area contributed by atoms with Gasteiger partial charge in [0, 0.05) is 12.1 Å². The third kappa shape index (κ3) is 2.63. The zero-order chi connectivity index (χ0) is 10.8. The maximum Gasteiger partial charge on any atom is 0.212 e. The van der Waals surface area contributed by atoms with Gasteiger partial charge in [0.15, 0.2) is 0 Å². The monoisotopic (exact) mass is 253 g/mol. The number of hydrogen-bond acceptors (Lipinski definition) is 3. The van der Waals surface area contributed by atoms with Crippen molar-refractivity contribution in [3.8, 4) is 5.75 Å². The van der Waals surface area contributed by atoms with Gasteiger partial charge in [-0.3, -0.25) is 0 Å². The summed E-state index contributed by atoms with van der Waals surface area (Å²) in [7, 11) is 0. The minimum atomic E-state index is -0.152. The Morgan fingerprint density at radius 3 is 3.12 bits per heavy atom. The van der Waals surface area contributed by atoms with Crippen LogP contribution in [0.25, 0.3) is 6.08 Å². The number of hydrogen-bond donors (Lipinski definition) is 1. The Bertz CT molecular complexity index is 414. The molecule has 0 radical (unpaired) electrons. The van der Waals surface area contributed by atoms with E-state index in [1.54, 1.807) is 0 Å². The number of benzene rings is 1. The molecule has 1 aliphatic carbocycles. The van der Waals surface area contributed by atoms with Crippen molar-refractivity contribution in [1.29, 1.82) is 0 Å². The highest BCUT2D eigenvalue weighted by molar-refractivity contribution is 5.85. The van der Waals surface area contributed by atoms with Crippen LogP contribution in [0.2, 0.25) is 0 Å². The van der Waals surface area contributed by atoms with Crippen molar-refractivity contribution < 1.29 is 9.47 Å². The van der Waals surface area contributed by atoms with Gasteiger partial charge in [0.05, 0.1) is 13.2 Å². The lowest BCUT2D eigenvalue weighted by Gasteiger charge is -2.25. The van der Waals surface area contributed by atoms with E-state index in [2.05, 4.69) is 23.5 Å². The first-order valence-corrected chi connectivity index (χ1v) is 5.71. The smallest absolute Gasteiger partial charge is 0.212 e. The van der Waals surface area contributed by atoms with Gasteiger partial charge in [0.25, 0.3) is 0 Å². The van der Waals surface area contributed by atoms with Crippen LogP contribution in [0.5, 0.6) is 5.75 Å². The third-order valence-electron chi connectivity index (χ3n) is 2.94. The molecule has 1 unspecified atom stereocenters. The topological polar surface area (TPSA) is 30.5 Å². The highest BCUT2D eigenvalue weighted by Gasteiger charge is 2.18. The van der Waals surface area contributed by atoms with E-state index in [4.69, 9.17) is 9.47 Å². The van der Waals surface area contributed by atoms with E-state index in [-0.39, 0.29) is 18.7 Å². The first-order valence-electron chi connectivity index (χ1n) is 5.71. The quantitative estimate of drug-likeness (QED) is 0.875. The molecule has 17 heavy (non-hydrogen) atoms. The Morgan fingerprint density at radius 2 is 2.29 bits per heavy atom. The first-order chi connectivity index (χ1) is 7.93. The number of ether oxygens (including phenoxy) is 2. The zero-order valence-electron chi connectivity index (χ0n) is 9.52. The summed E-state index contributed by atoms with van der Waals surface area (Å²) in [6.45, 7) is 2.39. The maximum absolute atomic E-state index is 5.87. The Morgan fingerprint density at radius 1 is 1.35 bits per heavy atom. The number of morpholine rings is 1. The second-order valence-electron chi connectivity index (χ2n) is 4.05. The molecule has 1 aliphatic heterocycles. The number of nitrogens with one attached hydrogen (secondary N) is 1. The van der Waals surface area contributed by atoms with Crippen LogP contribution >= 0.6 is 12.4 Å². The summed E-state index contributed by atoms with van der Waals surface area (Å²) in [5.41, 5.74) is 2.54. The molecule has 0 spiro atoms. The molecule has 0 bridgehead atoms. The SMILES string of the molecule is C1=Cc2cccc(OC3CNCCO3)c2C1.Cl. The highest BCUT2D eigenvalue weighted by Crippen LogP contribution is 2.29. The van der Waals surface area contributed by atoms with E-state index in [1.165, 1.54) is 11.1 Å². The van der Waals surface area contributed by atoms with Crippen LogP contribution in [0.15, 0.2) is 24.3 Å². The van der Waals surface area contributed by atoms with Crippen LogP contribution in [-0.2, 0) is 11.2 Å². The Hall–Kier alpha value is -1.03. The van der Waals surface area contributed by atoms with Crippen molar-refractivity contribution in [2.75, 3.05) is 19.7 Å². The number of allylic oxidation sites excluding steroid dienone is 1. The summed E-state index contributed by atoms with van der Waals surface area (Å²) in [6.07, 6.45) is 5.12. The summed E-state index contributed by atoms with van der Waals surface area (Å²) in [4.78, 5) is 0. The van der Waals surface area contributed by atoms with Gasteiger partial charge in [0.1, 0.15) is 5.75 Å². The van der Waals surface area contributed by atoms with E-state index in [0.29, 0.717) is 0 Å². The van der Waals surface area contributed by atoms with Gasteiger partial charge >= 0.3 is 0 Å². The van der Waals surface area contributed by atoms with Crippen molar-refractivity contribution in [2.24, 2.45) is 0 Å². The summed E-state index contributed by atoms with van der Waals surface area (Å²) >= 11 is 0. The van der Waals surface area contributed by atoms with Gasteiger partial charge in [-0.05, 0) is 18.1 Å². The molecular weight excluding hydrogens is 238 g/mol. The molecular formula is C13H16ClNO2. The van der Waals surface area contributed by atoms with Crippen LogP contribution in [0.1, 0.15) is 11.1 Å². The molecule has 1 aromatic rings. The molecule has 2 aliphatic rings. The molecule has 0 aromatic heterocycles. The lowest BCUT2D eigenvalue weighted by molar-refractivity contribution is -0.0949. The second-order valence-corrected chi connectivity index (χ2v) is 4.05. The van der Waals surface area contributed by atoms with Crippen molar-refractivity contribution in [3.63, 3.8) is 0 Å². The largest absolute Gasteiger partial charge is 0.463 e. The predicted molar refractivity (Wildman–Crippen MR) is 69.7 cm³/mol. The van der Waals surface area contributed by atoms with Gasteiger partial charge < -0.3 is 14.8 Å². The van der Waals surface area contributed by atoms with E-state index in [1.807, 2.05) is 12.1 Å². The van der Waals surface area contributed by atoms with Crippen molar-refractivity contribution in [2.45, 2.75) is 12.7 Å². The Kier molecular flexibility index (Phi) is 4.05. The Balaban J connectivity index is 0.00000108. The molecule has 0 saturated carbocycles. The molecule has 1 saturated heterocycles. The standard InChI is InChI=1S/C13H15NO2.ClH/c1-3-10-4-2-6-12(11(10)5-1)16-13-9-14-7-8-15-13;/h1-4,6,13-14H,5,7-9H2;1H. The molecule has 1 heterocycles. The second kappa shape index (κ2) is 5.54. The number of halogens is 1. The maximum atomic E-state index is 5.87. The van der Waals surface area contributed by atoms with E-state index in [9.17, 15) is 0 Å². The summed E-state index contributed by atoms with van der Waals surface area (Å²) in [5.74, 6) is 0.955. The summed E-state index contributed by atoms with van der Waals surface area (Å²) in [6, 6.07) is 6.16. The van der Waals surface area contributed by atoms with Gasteiger partial charge in [-0.25, -0.2) is 0 Å². The fourth-order valence-corrected chi connectivity index (χ4v) is 2.13. The fraction of sp³-hybridized carbons (Fsp3) is 0.385. The molecule has 92 valence electrons. The van der Waals surface area contributed by atoms with Crippen LogP contribution in [0.4, 0.5) is 0 Å². The fourth-order valence-electron chi connectivity index (χ4n) is 2.13. The average Bonchev–Trinajstić information content (AvgIpc) is 2.80. The lowest BCUT2D eigenvalue weighted by atomic mass is 10.1. The normalized spacial score (nSPS) is 21.8. The molecule has 1 atom stereocenters. The van der Waals surface area contributed by atoms with Gasteiger partial charge in [0.2, 0.25) is 6.29 Å². The third-order valence-corrected chi connectivity index (χ3v) is 2.94. The minimum Gasteiger partial charge on any atom is -0.463 e. The number of fused-ring (bicyclic) bond motifs is 1. The summed E-state index contributed by atoms with van der Waals surface area (Å²) < 4.78 is 11.4. The minimum absolute atomic E-state index is 0. The van der Waals surface area contributed by atoms with Gasteiger partial charge in [-0.1, -0.05) is 24.3 Å². The summed E-state index contributed by atoms with van der Waals surface area (Å²) in [5, 5.41) is 3.26. The van der Waals surface area contributed by atoms with Crippen LogP contribution in [0.3, 0.4) is 0 Å². The van der Waals surface area contributed by atoms with Crippen LogP contribution in [-0.4, -0.2) is 26.0 Å². The Labute approximate surface area is 107 Å². The van der Waals surface area contributed by atoms with Crippen LogP contribution in [0, 0.1) is 0 Å². The number of rotatable bonds is 2. The first kappa shape index (κ1) is 12.4. The lowest BCUT2D eigenvalue weighted by Crippen LogP contribution is -2.41. The van der Waals surface area contributed by atoms with Crippen molar-refractivity contribution >= 4 is 18.5 Å². The molecule has 1 fully saturated rings. The molecule has 1 aromatic carbocycles. The van der Waals surface area contributed by atoms with Crippen molar-refractivity contribution in [3.05, 3.63) is 35.4 Å². The van der Waals surface area contributed by atoms with Gasteiger partial charge in [-0.2, -0.15) is 0 Å². The molecule has 3 rings (SSSR count). The van der Waals surface area contributed by atoms with E-state index >= 15 is 0 Å². The van der Waals surface area contributed by atoms with Crippen LogP contribution < -0.4 is 10.1 Å². The van der Waals surface area contributed by atoms with E-state index in [0.717, 1.165) is 31.9 Å². The molecule has 1 N–H and O–H groups in total. The molecule has 3 nitrogen and oxygen atoms in total. The molecule has 4 heteroatoms. The average molecular weight is 254 g/mol. The zero-order valence-corrected chi connectivity index (χ0v) is 10.3. The predicted octanol–water partition coefficient (Wildman–Crippen LogP) is 2.00.